The number of fused-ring (bicyclic) bond motifs is 6. The van der Waals surface area contributed by atoms with Crippen LogP contribution in [0.15, 0.2) is 180 Å². The third kappa shape index (κ3) is 4.03. The van der Waals surface area contributed by atoms with Crippen molar-refractivity contribution in [1.29, 1.82) is 0 Å². The van der Waals surface area contributed by atoms with Gasteiger partial charge in [0.05, 0.1) is 0 Å². The summed E-state index contributed by atoms with van der Waals surface area (Å²) in [5, 5.41) is 10.3. The Bertz CT molecular complexity index is 2680. The summed E-state index contributed by atoms with van der Waals surface area (Å²) in [6.45, 7) is 0. The molecule has 9 aromatic rings. The van der Waals surface area contributed by atoms with E-state index in [-0.39, 0.29) is 0 Å². The molecule has 1 heteroatoms. The monoisotopic (exact) mass is 612 g/mol. The van der Waals surface area contributed by atoms with Crippen molar-refractivity contribution < 1.29 is 0 Å². The lowest BCUT2D eigenvalue weighted by Gasteiger charge is -2.23. The molecule has 1 aliphatic heterocycles. The first-order valence-electron chi connectivity index (χ1n) is 16.2. The van der Waals surface area contributed by atoms with Gasteiger partial charge in [-0.25, -0.2) is 0 Å². The van der Waals surface area contributed by atoms with Crippen molar-refractivity contribution in [3.05, 3.63) is 170 Å². The van der Waals surface area contributed by atoms with Crippen LogP contribution in [0.25, 0.3) is 87.6 Å². The topological polar surface area (TPSA) is 0 Å². The summed E-state index contributed by atoms with van der Waals surface area (Å²) < 4.78 is 0. The first-order chi connectivity index (χ1) is 23.3. The Morgan fingerprint density at radius 2 is 0.936 bits per heavy atom. The summed E-state index contributed by atoms with van der Waals surface area (Å²) in [6, 6.07) is 62.7. The molecule has 47 heavy (non-hydrogen) atoms. The second-order valence-corrected chi connectivity index (χ2v) is 13.5. The van der Waals surface area contributed by atoms with Crippen molar-refractivity contribution in [3.8, 4) is 44.5 Å². The Labute approximate surface area is 278 Å². The molecule has 0 unspecified atom stereocenters. The van der Waals surface area contributed by atoms with Gasteiger partial charge in [-0.3, -0.25) is 0 Å². The molecule has 10 rings (SSSR count). The molecule has 0 atom stereocenters. The third-order valence-electron chi connectivity index (χ3n) is 9.84. The maximum atomic E-state index is 2.45. The molecule has 0 aromatic heterocycles. The van der Waals surface area contributed by atoms with E-state index in [2.05, 4.69) is 170 Å². The first kappa shape index (κ1) is 26.6. The molecule has 0 amide bonds. The van der Waals surface area contributed by atoms with Crippen LogP contribution >= 0.6 is 11.8 Å². The molecule has 9 aromatic carbocycles. The van der Waals surface area contributed by atoms with E-state index in [1.165, 1.54) is 97.4 Å². The molecule has 0 saturated carbocycles. The van der Waals surface area contributed by atoms with Gasteiger partial charge in [0.2, 0.25) is 0 Å². The second kappa shape index (κ2) is 10.5. The average molecular weight is 613 g/mol. The van der Waals surface area contributed by atoms with Crippen LogP contribution in [0.2, 0.25) is 0 Å². The van der Waals surface area contributed by atoms with E-state index in [4.69, 9.17) is 0 Å². The molecule has 0 radical (unpaired) electrons. The zero-order valence-corrected chi connectivity index (χ0v) is 26.4. The molecule has 1 aliphatic rings. The van der Waals surface area contributed by atoms with E-state index < -0.39 is 0 Å². The highest BCUT2D eigenvalue weighted by Gasteiger charge is 2.23. The van der Waals surface area contributed by atoms with Gasteiger partial charge in [0.15, 0.2) is 0 Å². The molecule has 0 aliphatic carbocycles. The minimum Gasteiger partial charge on any atom is -0.0888 e. The Morgan fingerprint density at radius 3 is 1.74 bits per heavy atom. The van der Waals surface area contributed by atoms with Crippen LogP contribution in [-0.2, 0) is 0 Å². The molecule has 0 spiro atoms. The molecule has 0 nitrogen and oxygen atoms in total. The quantitative estimate of drug-likeness (QED) is 0.141. The fraction of sp³-hybridized carbons (Fsp3) is 0. The highest BCUT2D eigenvalue weighted by molar-refractivity contribution is 7.99. The molecule has 218 valence electrons. The number of rotatable bonds is 3. The van der Waals surface area contributed by atoms with Crippen molar-refractivity contribution in [2.24, 2.45) is 0 Å². The van der Waals surface area contributed by atoms with Crippen LogP contribution in [0.4, 0.5) is 0 Å². The van der Waals surface area contributed by atoms with Crippen LogP contribution in [0, 0.1) is 0 Å². The van der Waals surface area contributed by atoms with E-state index in [1.54, 1.807) is 0 Å². The van der Waals surface area contributed by atoms with Crippen LogP contribution < -0.4 is 0 Å². The molecule has 1 heterocycles. The number of hydrogen-bond acceptors (Lipinski definition) is 1. The van der Waals surface area contributed by atoms with Gasteiger partial charge in [0, 0.05) is 15.2 Å². The van der Waals surface area contributed by atoms with Crippen LogP contribution in [0.1, 0.15) is 0 Å². The van der Waals surface area contributed by atoms with Gasteiger partial charge in [-0.2, -0.15) is 0 Å². The highest BCUT2D eigenvalue weighted by atomic mass is 32.2. The van der Waals surface area contributed by atoms with Crippen LogP contribution in [0.3, 0.4) is 0 Å². The Hall–Kier alpha value is -5.63. The predicted molar refractivity (Wildman–Crippen MR) is 202 cm³/mol. The number of hydrogen-bond donors (Lipinski definition) is 0. The van der Waals surface area contributed by atoms with Crippen molar-refractivity contribution in [1.82, 2.24) is 0 Å². The average Bonchev–Trinajstić information content (AvgIpc) is 3.14. The smallest absolute Gasteiger partial charge is 0.0207 e. The Balaban J connectivity index is 1.34. The van der Waals surface area contributed by atoms with Crippen LogP contribution in [-0.4, -0.2) is 0 Å². The van der Waals surface area contributed by atoms with Crippen molar-refractivity contribution >= 4 is 54.9 Å². The van der Waals surface area contributed by atoms with E-state index in [0.29, 0.717) is 0 Å². The second-order valence-electron chi connectivity index (χ2n) is 12.4. The molecule has 0 N–H and O–H groups in total. The van der Waals surface area contributed by atoms with Gasteiger partial charge >= 0.3 is 0 Å². The highest BCUT2D eigenvalue weighted by Crippen LogP contribution is 2.51. The van der Waals surface area contributed by atoms with Gasteiger partial charge in [0.25, 0.3) is 0 Å². The largest absolute Gasteiger partial charge is 0.0888 e. The summed E-state index contributed by atoms with van der Waals surface area (Å²) in [7, 11) is 0. The van der Waals surface area contributed by atoms with E-state index in [1.807, 2.05) is 11.8 Å². The van der Waals surface area contributed by atoms with Gasteiger partial charge in [0.1, 0.15) is 0 Å². The lowest BCUT2D eigenvalue weighted by molar-refractivity contribution is 1.40. The number of benzene rings is 9. The zero-order valence-electron chi connectivity index (χ0n) is 25.6. The minimum atomic E-state index is 1.24. The third-order valence-corrected chi connectivity index (χ3v) is 11.0. The molecular formula is C46H28S. The SMILES string of the molecule is c1ccc(-c2cccc3c2ccc2c(-c4ccc5c(c4)-c4cccc6cccc(c46)S5)c4ccccc4c(-c4ccccc4)c23)cc1. The zero-order chi connectivity index (χ0) is 30.9. The summed E-state index contributed by atoms with van der Waals surface area (Å²) in [6.07, 6.45) is 0. The van der Waals surface area contributed by atoms with E-state index >= 15 is 0 Å². The van der Waals surface area contributed by atoms with Gasteiger partial charge in [-0.1, -0.05) is 163 Å². The Morgan fingerprint density at radius 1 is 0.298 bits per heavy atom. The fourth-order valence-electron chi connectivity index (χ4n) is 7.84. The van der Waals surface area contributed by atoms with E-state index in [9.17, 15) is 0 Å². The Kier molecular flexibility index (Phi) is 5.91. The summed E-state index contributed by atoms with van der Waals surface area (Å²) in [5.74, 6) is 0. The van der Waals surface area contributed by atoms with Crippen molar-refractivity contribution in [2.45, 2.75) is 9.79 Å². The van der Waals surface area contributed by atoms with Gasteiger partial charge in [-0.15, -0.1) is 0 Å². The van der Waals surface area contributed by atoms with Crippen molar-refractivity contribution in [2.75, 3.05) is 0 Å². The first-order valence-corrected chi connectivity index (χ1v) is 17.0. The van der Waals surface area contributed by atoms with Gasteiger partial charge < -0.3 is 0 Å². The summed E-state index contributed by atoms with van der Waals surface area (Å²) >= 11 is 1.89. The summed E-state index contributed by atoms with van der Waals surface area (Å²) in [5.41, 5.74) is 10.2. The maximum Gasteiger partial charge on any atom is 0.0207 e. The fourth-order valence-corrected chi connectivity index (χ4v) is 8.97. The molecular weight excluding hydrogens is 585 g/mol. The molecule has 0 saturated heterocycles. The molecule has 0 fully saturated rings. The normalized spacial score (nSPS) is 12.2. The van der Waals surface area contributed by atoms with Gasteiger partial charge in [-0.05, 0) is 100 Å². The minimum absolute atomic E-state index is 1.24. The summed E-state index contributed by atoms with van der Waals surface area (Å²) in [4.78, 5) is 2.65. The predicted octanol–water partition coefficient (Wildman–Crippen LogP) is 13.4. The van der Waals surface area contributed by atoms with E-state index in [0.717, 1.165) is 0 Å². The van der Waals surface area contributed by atoms with Crippen LogP contribution in [0.5, 0.6) is 0 Å². The lowest BCUT2D eigenvalue weighted by Crippen LogP contribution is -1.95. The molecule has 0 bridgehead atoms. The lowest BCUT2D eigenvalue weighted by atomic mass is 9.82. The standard InChI is InChI=1S/C46H28S/c1-3-12-29(13-4-1)33-20-11-22-35-34(33)25-26-39-43(36-18-7-8-19-37(36)45(46(35)39)31-14-5-2-6-15-31)32-24-27-41-40(28-32)38-21-9-16-30-17-10-23-42(47-41)44(30)38/h1-28H. The maximum absolute atomic E-state index is 2.45. The van der Waals surface area contributed by atoms with Crippen molar-refractivity contribution in [3.63, 3.8) is 0 Å².